The van der Waals surface area contributed by atoms with Crippen LogP contribution in [0, 0.1) is 10.8 Å². The van der Waals surface area contributed by atoms with Crippen LogP contribution in [0.25, 0.3) is 22.3 Å². The van der Waals surface area contributed by atoms with Gasteiger partial charge in [0.05, 0.1) is 29.8 Å². The molecule has 2 spiro atoms. The molecular formula is C38H47N9O3. The molecule has 0 bridgehead atoms. The van der Waals surface area contributed by atoms with Crippen molar-refractivity contribution in [2.24, 2.45) is 10.8 Å². The van der Waals surface area contributed by atoms with E-state index in [0.29, 0.717) is 28.1 Å². The number of carbonyl (C=O) groups is 1. The first kappa shape index (κ1) is 31.5. The molecule has 4 fully saturated rings. The smallest absolute Gasteiger partial charge is 0.410 e. The van der Waals surface area contributed by atoms with Crippen LogP contribution in [0.4, 0.5) is 16.4 Å². The van der Waals surface area contributed by atoms with E-state index in [0.717, 1.165) is 68.4 Å². The minimum atomic E-state index is -0.442. The highest BCUT2D eigenvalue weighted by atomic mass is 16.6. The number of para-hydroxylation sites is 1. The number of rotatable bonds is 4. The molecule has 9 rings (SSSR count). The Hall–Kier alpha value is -4.45. The minimum Gasteiger partial charge on any atom is -0.507 e. The zero-order chi connectivity index (χ0) is 34.4. The van der Waals surface area contributed by atoms with E-state index in [-0.39, 0.29) is 17.9 Å². The van der Waals surface area contributed by atoms with Crippen molar-refractivity contribution in [2.45, 2.75) is 77.5 Å². The van der Waals surface area contributed by atoms with Crippen LogP contribution in [0.2, 0.25) is 0 Å². The fourth-order valence-corrected chi connectivity index (χ4v) is 9.48. The fraction of sp³-hybridized carbons (Fsp3) is 0.553. The molecule has 2 atom stereocenters. The SMILES string of the molecule is CC1c2c([nH]c3nnc(-c4ccccc4O)cc23)CCN1c1ncc(N2CCC3(CCN(C4CC5(C4)CN(C(=O)OC(C)(C)C)C5)C3)C2)cn1. The molecule has 0 radical (unpaired) electrons. The van der Waals surface area contributed by atoms with E-state index in [1.807, 2.05) is 62.3 Å². The lowest BCUT2D eigenvalue weighted by Crippen LogP contribution is -2.67. The molecule has 2 N–H and O–H groups in total. The molecule has 4 aromatic rings. The average Bonchev–Trinajstić information content (AvgIpc) is 3.76. The molecule has 262 valence electrons. The molecule has 3 saturated heterocycles. The summed E-state index contributed by atoms with van der Waals surface area (Å²) in [6, 6.07) is 9.95. The van der Waals surface area contributed by atoms with Crippen molar-refractivity contribution in [1.29, 1.82) is 0 Å². The number of hydrogen-bond donors (Lipinski definition) is 2. The van der Waals surface area contributed by atoms with E-state index in [1.54, 1.807) is 6.07 Å². The molecule has 1 aromatic carbocycles. The number of hydrogen-bond acceptors (Lipinski definition) is 10. The Labute approximate surface area is 292 Å². The number of amides is 1. The lowest BCUT2D eigenvalue weighted by molar-refractivity contribution is -0.105. The molecule has 1 saturated carbocycles. The first-order chi connectivity index (χ1) is 24.0. The Balaban J connectivity index is 0.825. The van der Waals surface area contributed by atoms with Gasteiger partial charge in [0.1, 0.15) is 11.4 Å². The molecule has 50 heavy (non-hydrogen) atoms. The number of likely N-dealkylation sites (tertiary alicyclic amines) is 2. The summed E-state index contributed by atoms with van der Waals surface area (Å²) in [7, 11) is 0. The molecule has 1 amide bonds. The number of phenolic OH excluding ortho intramolecular Hbond substituents is 1. The van der Waals surface area contributed by atoms with Gasteiger partial charge >= 0.3 is 6.09 Å². The van der Waals surface area contributed by atoms with E-state index >= 15 is 0 Å². The van der Waals surface area contributed by atoms with Gasteiger partial charge in [0.2, 0.25) is 5.95 Å². The summed E-state index contributed by atoms with van der Waals surface area (Å²) in [6.07, 6.45) is 9.52. The fourth-order valence-electron chi connectivity index (χ4n) is 9.48. The highest BCUT2D eigenvalue weighted by Gasteiger charge is 2.57. The third kappa shape index (κ3) is 5.34. The molecule has 12 nitrogen and oxygen atoms in total. The van der Waals surface area contributed by atoms with Gasteiger partial charge in [0.25, 0.3) is 0 Å². The van der Waals surface area contributed by atoms with Crippen LogP contribution in [-0.4, -0.2) is 104 Å². The standard InChI is InChI=1S/C38H47N9O3/c1-24-32-28-15-30(27-7-5-6-8-31(27)48)42-43-33(28)41-29(32)9-12-47(24)34-39-18-26(19-40-34)45-14-11-37(21-45)10-13-44(20-37)25-16-38(17-25)22-46(23-38)35(49)50-36(2,3)4/h5-8,15,18-19,24-25,48H,9-14,16-17,20-23H2,1-4H3,(H,41,43). The maximum absolute atomic E-state index is 12.4. The Morgan fingerprint density at radius 2 is 1.74 bits per heavy atom. The third-order valence-electron chi connectivity index (χ3n) is 12.1. The molecule has 4 aliphatic heterocycles. The largest absolute Gasteiger partial charge is 0.507 e. The number of ether oxygens (including phenoxy) is 1. The lowest BCUT2D eigenvalue weighted by atomic mass is 9.60. The van der Waals surface area contributed by atoms with Crippen molar-refractivity contribution in [3.63, 3.8) is 0 Å². The van der Waals surface area contributed by atoms with Crippen LogP contribution >= 0.6 is 0 Å². The van der Waals surface area contributed by atoms with E-state index in [1.165, 1.54) is 43.5 Å². The van der Waals surface area contributed by atoms with Crippen LogP contribution in [0.1, 0.15) is 70.7 Å². The summed E-state index contributed by atoms with van der Waals surface area (Å²) >= 11 is 0. The van der Waals surface area contributed by atoms with Gasteiger partial charge in [-0.05, 0) is 78.1 Å². The summed E-state index contributed by atoms with van der Waals surface area (Å²) in [4.78, 5) is 35.1. The first-order valence-corrected chi connectivity index (χ1v) is 18.2. The minimum absolute atomic E-state index is 0.0465. The van der Waals surface area contributed by atoms with E-state index < -0.39 is 5.60 Å². The number of aromatic amines is 1. The number of nitrogens with one attached hydrogen (secondary N) is 1. The Kier molecular flexibility index (Phi) is 7.11. The molecule has 3 aromatic heterocycles. The van der Waals surface area contributed by atoms with Crippen molar-refractivity contribution in [3.8, 4) is 17.0 Å². The highest BCUT2D eigenvalue weighted by molar-refractivity contribution is 5.86. The third-order valence-corrected chi connectivity index (χ3v) is 12.1. The summed E-state index contributed by atoms with van der Waals surface area (Å²) in [5.74, 6) is 0.933. The number of aromatic nitrogens is 5. The number of aromatic hydroxyl groups is 1. The van der Waals surface area contributed by atoms with Gasteiger partial charge < -0.3 is 29.5 Å². The monoisotopic (exact) mass is 677 g/mol. The zero-order valence-electron chi connectivity index (χ0n) is 29.5. The average molecular weight is 678 g/mol. The van der Waals surface area contributed by atoms with Crippen molar-refractivity contribution in [3.05, 3.63) is 54.0 Å². The molecular weight excluding hydrogens is 630 g/mol. The van der Waals surface area contributed by atoms with Crippen molar-refractivity contribution < 1.29 is 14.6 Å². The van der Waals surface area contributed by atoms with Gasteiger partial charge in [0.15, 0.2) is 5.65 Å². The zero-order valence-corrected chi connectivity index (χ0v) is 29.5. The second-order valence-corrected chi connectivity index (χ2v) is 16.7. The van der Waals surface area contributed by atoms with E-state index in [4.69, 9.17) is 14.7 Å². The first-order valence-electron chi connectivity index (χ1n) is 18.2. The van der Waals surface area contributed by atoms with Crippen LogP contribution in [0.3, 0.4) is 0 Å². The molecule has 2 unspecified atom stereocenters. The number of anilines is 2. The Bertz CT molecular complexity index is 1940. The summed E-state index contributed by atoms with van der Waals surface area (Å²) in [5.41, 5.74) is 5.74. The number of phenols is 1. The van der Waals surface area contributed by atoms with Gasteiger partial charge in [-0.3, -0.25) is 4.90 Å². The molecule has 12 heteroatoms. The number of nitrogens with zero attached hydrogens (tertiary/aromatic N) is 8. The van der Waals surface area contributed by atoms with Gasteiger partial charge in [-0.15, -0.1) is 10.2 Å². The van der Waals surface area contributed by atoms with Crippen LogP contribution < -0.4 is 9.80 Å². The van der Waals surface area contributed by atoms with Gasteiger partial charge in [-0.1, -0.05) is 12.1 Å². The second-order valence-electron chi connectivity index (χ2n) is 16.7. The maximum atomic E-state index is 12.4. The van der Waals surface area contributed by atoms with Gasteiger partial charge in [0, 0.05) is 84.8 Å². The number of fused-ring (bicyclic) bond motifs is 3. The predicted octanol–water partition coefficient (Wildman–Crippen LogP) is 5.55. The van der Waals surface area contributed by atoms with Crippen LogP contribution in [0.15, 0.2) is 42.7 Å². The number of H-pyrrole nitrogens is 1. The second kappa shape index (κ2) is 11.3. The Morgan fingerprint density at radius 3 is 2.50 bits per heavy atom. The van der Waals surface area contributed by atoms with E-state index in [9.17, 15) is 9.90 Å². The Morgan fingerprint density at radius 1 is 0.980 bits per heavy atom. The summed E-state index contributed by atoms with van der Waals surface area (Å²) in [5, 5.41) is 20.3. The predicted molar refractivity (Wildman–Crippen MR) is 191 cm³/mol. The molecule has 1 aliphatic carbocycles. The van der Waals surface area contributed by atoms with E-state index in [2.05, 4.69) is 36.8 Å². The van der Waals surface area contributed by atoms with Gasteiger partial charge in [-0.25, -0.2) is 14.8 Å². The summed E-state index contributed by atoms with van der Waals surface area (Å²) in [6.45, 7) is 14.9. The number of carbonyl (C=O) groups excluding carboxylic acids is 1. The normalized spacial score (nSPS) is 25.0. The van der Waals surface area contributed by atoms with Gasteiger partial charge in [-0.2, -0.15) is 0 Å². The number of benzene rings is 1. The van der Waals surface area contributed by atoms with Crippen molar-refractivity contribution in [1.82, 2.24) is 34.9 Å². The molecule has 5 aliphatic rings. The topological polar surface area (TPSA) is 127 Å². The highest BCUT2D eigenvalue weighted by Crippen LogP contribution is 2.53. The summed E-state index contributed by atoms with van der Waals surface area (Å²) < 4.78 is 5.57. The van der Waals surface area contributed by atoms with Crippen LogP contribution in [0.5, 0.6) is 5.75 Å². The van der Waals surface area contributed by atoms with Crippen molar-refractivity contribution in [2.75, 3.05) is 55.6 Å². The lowest BCUT2D eigenvalue weighted by Gasteiger charge is -2.60. The van der Waals surface area contributed by atoms with Crippen LogP contribution in [-0.2, 0) is 11.2 Å². The quantitative estimate of drug-likeness (QED) is 0.284. The maximum Gasteiger partial charge on any atom is 0.410 e. The molecule has 7 heterocycles. The van der Waals surface area contributed by atoms with Crippen molar-refractivity contribution >= 4 is 28.8 Å².